The van der Waals surface area contributed by atoms with E-state index in [-0.39, 0.29) is 30.8 Å². The maximum Gasteiger partial charge on any atom is 0.242 e. The van der Waals surface area contributed by atoms with Crippen molar-refractivity contribution in [1.29, 1.82) is 0 Å². The van der Waals surface area contributed by atoms with Gasteiger partial charge in [-0.15, -0.1) is 0 Å². The van der Waals surface area contributed by atoms with Crippen LogP contribution >= 0.6 is 23.2 Å². The maximum absolute atomic E-state index is 13.5. The zero-order chi connectivity index (χ0) is 26.8. The van der Waals surface area contributed by atoms with E-state index in [1.165, 1.54) is 6.42 Å². The van der Waals surface area contributed by atoms with Gasteiger partial charge in [0, 0.05) is 29.1 Å². The van der Waals surface area contributed by atoms with Crippen LogP contribution in [0.25, 0.3) is 0 Å². The zero-order valence-electron chi connectivity index (χ0n) is 22.0. The molecule has 37 heavy (non-hydrogen) atoms. The smallest absolute Gasteiger partial charge is 0.242 e. The van der Waals surface area contributed by atoms with E-state index in [1.54, 1.807) is 30.0 Å². The Kier molecular flexibility index (Phi) is 11.4. The summed E-state index contributed by atoms with van der Waals surface area (Å²) in [4.78, 5) is 28.3. The number of halogens is 2. The van der Waals surface area contributed by atoms with Crippen molar-refractivity contribution in [1.82, 2.24) is 10.2 Å². The SMILES string of the molecule is CCOc1ccc(CCC(=O)N(Cc2ccc(Cl)cc2Cl)[C@@H](C)C(=O)NC2CCCCC2)cc1OCC. The minimum Gasteiger partial charge on any atom is -0.490 e. The number of benzene rings is 2. The molecule has 2 aromatic rings. The van der Waals surface area contributed by atoms with Crippen LogP contribution in [-0.2, 0) is 22.6 Å². The molecule has 1 N–H and O–H groups in total. The van der Waals surface area contributed by atoms with E-state index in [4.69, 9.17) is 32.7 Å². The zero-order valence-corrected chi connectivity index (χ0v) is 23.5. The number of ether oxygens (including phenoxy) is 2. The number of hydrogen-bond acceptors (Lipinski definition) is 4. The van der Waals surface area contributed by atoms with Crippen molar-refractivity contribution < 1.29 is 19.1 Å². The second-order valence-electron chi connectivity index (χ2n) is 9.42. The van der Waals surface area contributed by atoms with Crippen molar-refractivity contribution in [3.63, 3.8) is 0 Å². The van der Waals surface area contributed by atoms with Gasteiger partial charge in [-0.3, -0.25) is 9.59 Å². The average molecular weight is 550 g/mol. The van der Waals surface area contributed by atoms with Crippen molar-refractivity contribution >= 4 is 35.0 Å². The lowest BCUT2D eigenvalue weighted by atomic mass is 9.95. The minimum absolute atomic E-state index is 0.121. The van der Waals surface area contributed by atoms with Crippen molar-refractivity contribution in [2.24, 2.45) is 0 Å². The topological polar surface area (TPSA) is 67.9 Å². The van der Waals surface area contributed by atoms with Crippen molar-refractivity contribution in [3.05, 3.63) is 57.6 Å². The molecule has 0 unspecified atom stereocenters. The highest BCUT2D eigenvalue weighted by molar-refractivity contribution is 6.35. The number of nitrogens with zero attached hydrogens (tertiary/aromatic N) is 1. The van der Waals surface area contributed by atoms with Crippen molar-refractivity contribution in [2.75, 3.05) is 13.2 Å². The van der Waals surface area contributed by atoms with E-state index in [0.29, 0.717) is 41.2 Å². The molecule has 0 spiro atoms. The molecule has 8 heteroatoms. The van der Waals surface area contributed by atoms with Crippen molar-refractivity contribution in [2.45, 2.75) is 84.3 Å². The van der Waals surface area contributed by atoms with Gasteiger partial charge in [0.15, 0.2) is 11.5 Å². The van der Waals surface area contributed by atoms with Crippen molar-refractivity contribution in [3.8, 4) is 11.5 Å². The van der Waals surface area contributed by atoms with Crippen LogP contribution in [0.2, 0.25) is 10.0 Å². The van der Waals surface area contributed by atoms with E-state index in [1.807, 2.05) is 32.0 Å². The quantitative estimate of drug-likeness (QED) is 0.324. The van der Waals surface area contributed by atoms with Crippen LogP contribution in [0, 0.1) is 0 Å². The summed E-state index contributed by atoms with van der Waals surface area (Å²) in [6.45, 7) is 6.92. The molecule has 1 atom stereocenters. The number of carbonyl (C=O) groups excluding carboxylic acids is 2. The first-order chi connectivity index (χ1) is 17.8. The summed E-state index contributed by atoms with van der Waals surface area (Å²) in [5.74, 6) is 1.10. The number of aryl methyl sites for hydroxylation is 1. The largest absolute Gasteiger partial charge is 0.490 e. The van der Waals surface area contributed by atoms with E-state index < -0.39 is 6.04 Å². The second-order valence-corrected chi connectivity index (χ2v) is 10.3. The Hall–Kier alpha value is -2.44. The van der Waals surface area contributed by atoms with E-state index >= 15 is 0 Å². The van der Waals surface area contributed by atoms with Gasteiger partial charge in [0.1, 0.15) is 6.04 Å². The van der Waals surface area contributed by atoms with Gasteiger partial charge in [-0.05, 0) is 75.4 Å². The highest BCUT2D eigenvalue weighted by Gasteiger charge is 2.28. The summed E-state index contributed by atoms with van der Waals surface area (Å²) in [5.41, 5.74) is 1.71. The van der Waals surface area contributed by atoms with E-state index in [2.05, 4.69) is 5.32 Å². The normalized spacial score (nSPS) is 14.6. The highest BCUT2D eigenvalue weighted by Crippen LogP contribution is 2.29. The third-order valence-electron chi connectivity index (χ3n) is 6.71. The number of carbonyl (C=O) groups is 2. The van der Waals surface area contributed by atoms with E-state index in [0.717, 1.165) is 36.8 Å². The Labute approximate surface area is 230 Å². The van der Waals surface area contributed by atoms with Crippen LogP contribution in [0.15, 0.2) is 36.4 Å². The second kappa shape index (κ2) is 14.5. The van der Waals surface area contributed by atoms with Gasteiger partial charge in [-0.1, -0.05) is 54.6 Å². The first kappa shape index (κ1) is 29.1. The molecule has 0 saturated heterocycles. The van der Waals surface area contributed by atoms with Gasteiger partial charge in [0.2, 0.25) is 11.8 Å². The molecule has 0 radical (unpaired) electrons. The molecule has 0 bridgehead atoms. The lowest BCUT2D eigenvalue weighted by molar-refractivity contribution is -0.141. The predicted octanol–water partition coefficient (Wildman–Crippen LogP) is 6.59. The lowest BCUT2D eigenvalue weighted by Gasteiger charge is -2.31. The molecule has 0 aromatic heterocycles. The van der Waals surface area contributed by atoms with Gasteiger partial charge in [-0.25, -0.2) is 0 Å². The Bertz CT molecular complexity index is 1060. The third kappa shape index (κ3) is 8.54. The predicted molar refractivity (Wildman–Crippen MR) is 149 cm³/mol. The van der Waals surface area contributed by atoms with Gasteiger partial charge < -0.3 is 19.7 Å². The average Bonchev–Trinajstić information content (AvgIpc) is 2.88. The van der Waals surface area contributed by atoms with Crippen LogP contribution in [0.4, 0.5) is 0 Å². The van der Waals surface area contributed by atoms with Crippen LogP contribution in [-0.4, -0.2) is 42.0 Å². The highest BCUT2D eigenvalue weighted by atomic mass is 35.5. The van der Waals surface area contributed by atoms with Crippen LogP contribution in [0.3, 0.4) is 0 Å². The molecule has 0 heterocycles. The van der Waals surface area contributed by atoms with Gasteiger partial charge in [-0.2, -0.15) is 0 Å². The standard InChI is InChI=1S/C29H38Cl2N2O4/c1-4-36-26-15-11-21(17-27(26)37-5-2)12-16-28(34)33(19-22-13-14-23(30)18-25(22)31)20(3)29(35)32-24-9-7-6-8-10-24/h11,13-15,17-18,20,24H,4-10,12,16,19H2,1-3H3,(H,32,35)/t20-/m0/s1. The van der Waals surface area contributed by atoms with E-state index in [9.17, 15) is 9.59 Å². The molecule has 1 saturated carbocycles. The third-order valence-corrected chi connectivity index (χ3v) is 7.30. The molecule has 1 aliphatic rings. The summed E-state index contributed by atoms with van der Waals surface area (Å²) in [6, 6.07) is 10.5. The molecule has 2 amide bonds. The molecular weight excluding hydrogens is 511 g/mol. The first-order valence-electron chi connectivity index (χ1n) is 13.2. The summed E-state index contributed by atoms with van der Waals surface area (Å²) in [6.07, 6.45) is 6.16. The minimum atomic E-state index is -0.638. The van der Waals surface area contributed by atoms with Crippen LogP contribution in [0.1, 0.15) is 70.4 Å². The first-order valence-corrected chi connectivity index (χ1v) is 14.0. The molecule has 1 fully saturated rings. The summed E-state index contributed by atoms with van der Waals surface area (Å²) >= 11 is 12.5. The molecule has 2 aromatic carbocycles. The fourth-order valence-electron chi connectivity index (χ4n) is 4.63. The molecule has 202 valence electrons. The maximum atomic E-state index is 13.5. The Morgan fingerprint density at radius 2 is 1.70 bits per heavy atom. The number of nitrogens with one attached hydrogen (secondary N) is 1. The fraction of sp³-hybridized carbons (Fsp3) is 0.517. The molecule has 1 aliphatic carbocycles. The molecule has 6 nitrogen and oxygen atoms in total. The summed E-state index contributed by atoms with van der Waals surface area (Å²) < 4.78 is 11.4. The summed E-state index contributed by atoms with van der Waals surface area (Å²) in [5, 5.41) is 4.15. The van der Waals surface area contributed by atoms with Crippen LogP contribution < -0.4 is 14.8 Å². The Morgan fingerprint density at radius 1 is 1.00 bits per heavy atom. The number of hydrogen-bond donors (Lipinski definition) is 1. The van der Waals surface area contributed by atoms with Gasteiger partial charge in [0.05, 0.1) is 13.2 Å². The molecular formula is C29H38Cl2N2O4. The fourth-order valence-corrected chi connectivity index (χ4v) is 5.10. The number of amides is 2. The van der Waals surface area contributed by atoms with Gasteiger partial charge in [0.25, 0.3) is 0 Å². The number of rotatable bonds is 12. The Morgan fingerprint density at radius 3 is 2.38 bits per heavy atom. The Balaban J connectivity index is 1.75. The molecule has 0 aliphatic heterocycles. The monoisotopic (exact) mass is 548 g/mol. The van der Waals surface area contributed by atoms with Crippen LogP contribution in [0.5, 0.6) is 11.5 Å². The molecule has 3 rings (SSSR count). The van der Waals surface area contributed by atoms with Gasteiger partial charge >= 0.3 is 0 Å². The summed E-state index contributed by atoms with van der Waals surface area (Å²) in [7, 11) is 0. The lowest BCUT2D eigenvalue weighted by Crippen LogP contribution is -2.50.